The van der Waals surface area contributed by atoms with Gasteiger partial charge < -0.3 is 14.8 Å². The second-order valence-corrected chi connectivity index (χ2v) is 5.69. The third-order valence-corrected chi connectivity index (χ3v) is 3.78. The van der Waals surface area contributed by atoms with Gasteiger partial charge in [0.2, 0.25) is 5.88 Å². The summed E-state index contributed by atoms with van der Waals surface area (Å²) >= 11 is 0. The van der Waals surface area contributed by atoms with Crippen LogP contribution in [0.1, 0.15) is 34.1 Å². The molecule has 1 aliphatic rings. The summed E-state index contributed by atoms with van der Waals surface area (Å²) in [4.78, 5) is 28.1. The molecule has 7 heteroatoms. The van der Waals surface area contributed by atoms with Crippen LogP contribution in [-0.4, -0.2) is 36.0 Å². The smallest absolute Gasteiger partial charge is 0.255 e. The Hall–Kier alpha value is -2.80. The van der Waals surface area contributed by atoms with Crippen LogP contribution in [0.2, 0.25) is 0 Å². The molecule has 0 radical (unpaired) electrons. The number of anilines is 1. The van der Waals surface area contributed by atoms with Gasteiger partial charge >= 0.3 is 0 Å². The Kier molecular flexibility index (Phi) is 5.04. The highest BCUT2D eigenvalue weighted by Gasteiger charge is 2.19. The van der Waals surface area contributed by atoms with E-state index in [0.29, 0.717) is 24.7 Å². The quantitative estimate of drug-likeness (QED) is 0.844. The van der Waals surface area contributed by atoms with Gasteiger partial charge in [0.15, 0.2) is 5.78 Å². The van der Waals surface area contributed by atoms with E-state index in [1.165, 1.54) is 37.4 Å². The predicted molar refractivity (Wildman–Crippen MR) is 88.4 cm³/mol. The Labute approximate surface area is 144 Å². The summed E-state index contributed by atoms with van der Waals surface area (Å²) in [6.07, 6.45) is 2.14. The summed E-state index contributed by atoms with van der Waals surface area (Å²) in [6.45, 7) is 2.48. The Bertz CT molecular complexity index is 803. The molecule has 1 atom stereocenters. The number of aromatic nitrogens is 1. The maximum atomic E-state index is 13.5. The number of carbonyl (C=O) groups excluding carboxylic acids is 2. The van der Waals surface area contributed by atoms with Gasteiger partial charge in [0.25, 0.3) is 5.91 Å². The van der Waals surface area contributed by atoms with Gasteiger partial charge in [-0.1, -0.05) is 0 Å². The van der Waals surface area contributed by atoms with E-state index in [1.807, 2.05) is 0 Å². The van der Waals surface area contributed by atoms with Crippen LogP contribution in [0.3, 0.4) is 0 Å². The van der Waals surface area contributed by atoms with Gasteiger partial charge in [-0.25, -0.2) is 9.37 Å². The van der Waals surface area contributed by atoms with Crippen molar-refractivity contribution in [3.05, 3.63) is 53.5 Å². The number of nitrogens with zero attached hydrogens (tertiary/aromatic N) is 1. The summed E-state index contributed by atoms with van der Waals surface area (Å²) in [5, 5.41) is 2.56. The highest BCUT2D eigenvalue weighted by atomic mass is 19.1. The number of rotatable bonds is 5. The molecular formula is C18H17FN2O4. The fourth-order valence-electron chi connectivity index (χ4n) is 2.51. The van der Waals surface area contributed by atoms with Crippen molar-refractivity contribution < 1.29 is 23.5 Å². The van der Waals surface area contributed by atoms with Crippen molar-refractivity contribution in [1.82, 2.24) is 4.98 Å². The molecular weight excluding hydrogens is 327 g/mol. The molecule has 1 amide bonds. The number of ether oxygens (including phenoxy) is 2. The first kappa shape index (κ1) is 17.0. The summed E-state index contributed by atoms with van der Waals surface area (Å²) in [6, 6.07) is 6.65. The molecule has 0 bridgehead atoms. The Morgan fingerprint density at radius 3 is 2.88 bits per heavy atom. The average molecular weight is 344 g/mol. The first-order valence-electron chi connectivity index (χ1n) is 7.85. The summed E-state index contributed by atoms with van der Waals surface area (Å²) in [7, 11) is 0. The lowest BCUT2D eigenvalue weighted by Crippen LogP contribution is -2.18. The Morgan fingerprint density at radius 1 is 1.32 bits per heavy atom. The van der Waals surface area contributed by atoms with Crippen LogP contribution in [0.25, 0.3) is 0 Å². The van der Waals surface area contributed by atoms with E-state index in [4.69, 9.17) is 9.47 Å². The van der Waals surface area contributed by atoms with E-state index in [1.54, 1.807) is 0 Å². The molecule has 1 saturated heterocycles. The van der Waals surface area contributed by atoms with Gasteiger partial charge in [0.1, 0.15) is 11.9 Å². The van der Waals surface area contributed by atoms with Gasteiger partial charge in [-0.05, 0) is 31.2 Å². The fraction of sp³-hybridized carbons (Fsp3) is 0.278. The summed E-state index contributed by atoms with van der Waals surface area (Å²) in [5.41, 5.74) is 0.659. The van der Waals surface area contributed by atoms with Gasteiger partial charge in [-0.3, -0.25) is 9.59 Å². The largest absolute Gasteiger partial charge is 0.472 e. The molecule has 6 nitrogen and oxygen atoms in total. The SMILES string of the molecule is CC(=O)c1ccc(F)cc1NC(=O)c1ccnc(O[C@H]2CCOC2)c1. The number of Topliss-reactive ketones (excluding diaryl/α,β-unsaturated/α-hetero) is 1. The number of hydrogen-bond acceptors (Lipinski definition) is 5. The lowest BCUT2D eigenvalue weighted by Gasteiger charge is -2.12. The van der Waals surface area contributed by atoms with Crippen molar-refractivity contribution in [2.24, 2.45) is 0 Å². The van der Waals surface area contributed by atoms with Crippen molar-refractivity contribution in [2.45, 2.75) is 19.4 Å². The van der Waals surface area contributed by atoms with Gasteiger partial charge in [0.05, 0.1) is 18.9 Å². The maximum absolute atomic E-state index is 13.5. The van der Waals surface area contributed by atoms with Crippen LogP contribution < -0.4 is 10.1 Å². The number of carbonyl (C=O) groups is 2. The fourth-order valence-corrected chi connectivity index (χ4v) is 2.51. The minimum atomic E-state index is -0.541. The zero-order valence-corrected chi connectivity index (χ0v) is 13.6. The van der Waals surface area contributed by atoms with Crippen molar-refractivity contribution in [2.75, 3.05) is 18.5 Å². The highest BCUT2D eigenvalue weighted by Crippen LogP contribution is 2.20. The van der Waals surface area contributed by atoms with Crippen LogP contribution in [0.15, 0.2) is 36.5 Å². The standard InChI is InChI=1S/C18H17FN2O4/c1-11(22)15-3-2-13(19)9-16(15)21-18(23)12-4-6-20-17(8-12)25-14-5-7-24-10-14/h2-4,6,8-9,14H,5,7,10H2,1H3,(H,21,23)/t14-/m0/s1. The molecule has 0 unspecified atom stereocenters. The van der Waals surface area contributed by atoms with E-state index >= 15 is 0 Å². The van der Waals surface area contributed by atoms with Crippen LogP contribution in [0, 0.1) is 5.82 Å². The third kappa shape index (κ3) is 4.19. The maximum Gasteiger partial charge on any atom is 0.255 e. The first-order chi connectivity index (χ1) is 12.0. The van der Waals surface area contributed by atoms with E-state index in [9.17, 15) is 14.0 Å². The molecule has 1 aliphatic heterocycles. The van der Waals surface area contributed by atoms with Crippen molar-refractivity contribution in [3.63, 3.8) is 0 Å². The van der Waals surface area contributed by atoms with Crippen molar-refractivity contribution >= 4 is 17.4 Å². The zero-order chi connectivity index (χ0) is 17.8. The monoisotopic (exact) mass is 344 g/mol. The topological polar surface area (TPSA) is 77.5 Å². The predicted octanol–water partition coefficient (Wildman–Crippen LogP) is 2.84. The number of ketones is 1. The number of amides is 1. The number of benzene rings is 1. The first-order valence-corrected chi connectivity index (χ1v) is 7.85. The number of hydrogen-bond donors (Lipinski definition) is 1. The molecule has 130 valence electrons. The number of pyridine rings is 1. The van der Waals surface area contributed by atoms with E-state index < -0.39 is 11.7 Å². The molecule has 0 aliphatic carbocycles. The average Bonchev–Trinajstić information content (AvgIpc) is 3.08. The lowest BCUT2D eigenvalue weighted by molar-refractivity contribution is 0.101. The van der Waals surface area contributed by atoms with Crippen molar-refractivity contribution in [3.8, 4) is 5.88 Å². The molecule has 25 heavy (non-hydrogen) atoms. The molecule has 1 N–H and O–H groups in total. The highest BCUT2D eigenvalue weighted by molar-refractivity contribution is 6.09. The second-order valence-electron chi connectivity index (χ2n) is 5.69. The van der Waals surface area contributed by atoms with Crippen LogP contribution in [0.5, 0.6) is 5.88 Å². The zero-order valence-electron chi connectivity index (χ0n) is 13.6. The van der Waals surface area contributed by atoms with Crippen LogP contribution in [-0.2, 0) is 4.74 Å². The van der Waals surface area contributed by atoms with E-state index in [2.05, 4.69) is 10.3 Å². The normalized spacial score (nSPS) is 16.5. The molecule has 3 rings (SSSR count). The molecule has 0 saturated carbocycles. The molecule has 1 fully saturated rings. The van der Waals surface area contributed by atoms with Crippen molar-refractivity contribution in [1.29, 1.82) is 0 Å². The number of halogens is 1. The minimum Gasteiger partial charge on any atom is -0.472 e. The third-order valence-electron chi connectivity index (χ3n) is 3.78. The number of nitrogens with one attached hydrogen (secondary N) is 1. The molecule has 1 aromatic carbocycles. The molecule has 2 heterocycles. The lowest BCUT2D eigenvalue weighted by atomic mass is 10.1. The summed E-state index contributed by atoms with van der Waals surface area (Å²) in [5.74, 6) is -0.979. The van der Waals surface area contributed by atoms with Gasteiger partial charge in [-0.15, -0.1) is 0 Å². The second kappa shape index (κ2) is 7.40. The van der Waals surface area contributed by atoms with Gasteiger partial charge in [-0.2, -0.15) is 0 Å². The molecule has 1 aromatic heterocycles. The summed E-state index contributed by atoms with van der Waals surface area (Å²) < 4.78 is 24.4. The van der Waals surface area contributed by atoms with E-state index in [-0.39, 0.29) is 23.1 Å². The Morgan fingerprint density at radius 2 is 2.16 bits per heavy atom. The van der Waals surface area contributed by atoms with Gasteiger partial charge in [0, 0.05) is 29.8 Å². The molecule has 2 aromatic rings. The van der Waals surface area contributed by atoms with E-state index in [0.717, 1.165) is 12.5 Å². The Balaban J connectivity index is 1.77. The minimum absolute atomic E-state index is 0.0849. The molecule has 0 spiro atoms. The van der Waals surface area contributed by atoms with Crippen LogP contribution in [0.4, 0.5) is 10.1 Å². The van der Waals surface area contributed by atoms with Crippen LogP contribution >= 0.6 is 0 Å².